The summed E-state index contributed by atoms with van der Waals surface area (Å²) in [6.07, 6.45) is 8.13. The quantitative estimate of drug-likeness (QED) is 0.730. The smallest absolute Gasteiger partial charge is 0.249 e. The van der Waals surface area contributed by atoms with E-state index in [1.165, 1.54) is 11.3 Å². The molecule has 0 unspecified atom stereocenters. The number of anilines is 1. The van der Waals surface area contributed by atoms with Gasteiger partial charge in [0.15, 0.2) is 5.13 Å². The summed E-state index contributed by atoms with van der Waals surface area (Å²) in [6, 6.07) is 7.47. The summed E-state index contributed by atoms with van der Waals surface area (Å²) < 4.78 is 1.95. The van der Waals surface area contributed by atoms with Gasteiger partial charge < -0.3 is 9.88 Å². The minimum Gasteiger partial charge on any atom is -0.342 e. The van der Waals surface area contributed by atoms with Gasteiger partial charge in [0.25, 0.3) is 0 Å². The zero-order chi connectivity index (χ0) is 16.9. The Morgan fingerprint density at radius 1 is 1.29 bits per heavy atom. The van der Waals surface area contributed by atoms with Crippen molar-refractivity contribution in [1.29, 1.82) is 0 Å². The van der Waals surface area contributed by atoms with Crippen LogP contribution in [0.15, 0.2) is 54.4 Å². The molecule has 3 aromatic rings. The Morgan fingerprint density at radius 2 is 2.08 bits per heavy atom. The molecule has 0 saturated heterocycles. The van der Waals surface area contributed by atoms with Crippen molar-refractivity contribution in [3.05, 3.63) is 54.4 Å². The van der Waals surface area contributed by atoms with Gasteiger partial charge >= 0.3 is 0 Å². The van der Waals surface area contributed by atoms with Crippen LogP contribution in [-0.2, 0) is 4.79 Å². The predicted octanol–water partition coefficient (Wildman–Crippen LogP) is 4.23. The van der Waals surface area contributed by atoms with E-state index in [4.69, 9.17) is 0 Å². The molecule has 0 aliphatic heterocycles. The Hall–Kier alpha value is -2.47. The molecule has 3 aromatic heterocycles. The van der Waals surface area contributed by atoms with Gasteiger partial charge in [-0.1, -0.05) is 13.8 Å². The van der Waals surface area contributed by atoms with Crippen LogP contribution in [0.1, 0.15) is 26.3 Å². The van der Waals surface area contributed by atoms with Crippen LogP contribution in [0.5, 0.6) is 0 Å². The van der Waals surface area contributed by atoms with Crippen LogP contribution >= 0.6 is 11.3 Å². The first-order chi connectivity index (χ1) is 11.6. The van der Waals surface area contributed by atoms with Crippen molar-refractivity contribution < 1.29 is 4.79 Å². The molecule has 0 saturated carbocycles. The number of nitrogens with zero attached hydrogens (tertiary/aromatic N) is 3. The summed E-state index contributed by atoms with van der Waals surface area (Å²) in [7, 11) is 0. The van der Waals surface area contributed by atoms with E-state index < -0.39 is 0 Å². The van der Waals surface area contributed by atoms with Crippen LogP contribution in [0.3, 0.4) is 0 Å². The van der Waals surface area contributed by atoms with Gasteiger partial charge in [-0.15, -0.1) is 11.3 Å². The topological polar surface area (TPSA) is 59.8 Å². The number of carbonyl (C=O) groups excluding carboxylic acids is 1. The molecule has 1 amide bonds. The molecular weight excluding hydrogens is 320 g/mol. The highest BCUT2D eigenvalue weighted by atomic mass is 32.1. The Kier molecular flexibility index (Phi) is 5.05. The summed E-state index contributed by atoms with van der Waals surface area (Å²) in [4.78, 5) is 21.3. The minimum atomic E-state index is -0.231. The average molecular weight is 340 g/mol. The van der Waals surface area contributed by atoms with Crippen LogP contribution in [0.4, 0.5) is 5.13 Å². The van der Waals surface area contributed by atoms with Crippen LogP contribution in [0.2, 0.25) is 0 Å². The maximum absolute atomic E-state index is 12.7. The molecule has 0 aliphatic carbocycles. The fourth-order valence-corrected chi connectivity index (χ4v) is 3.26. The Labute approximate surface area is 145 Å². The fraction of sp³-hybridized carbons (Fsp3) is 0.278. The molecule has 0 aliphatic rings. The molecule has 3 rings (SSSR count). The van der Waals surface area contributed by atoms with Gasteiger partial charge in [-0.2, -0.15) is 0 Å². The van der Waals surface area contributed by atoms with Crippen molar-refractivity contribution in [2.75, 3.05) is 5.32 Å². The summed E-state index contributed by atoms with van der Waals surface area (Å²) in [5.41, 5.74) is 1.77. The van der Waals surface area contributed by atoms with E-state index >= 15 is 0 Å². The maximum Gasteiger partial charge on any atom is 0.249 e. The molecule has 24 heavy (non-hydrogen) atoms. The largest absolute Gasteiger partial charge is 0.342 e. The zero-order valence-corrected chi connectivity index (χ0v) is 14.5. The third-order valence-corrected chi connectivity index (χ3v) is 4.43. The van der Waals surface area contributed by atoms with Crippen LogP contribution in [0, 0.1) is 5.92 Å². The third-order valence-electron chi connectivity index (χ3n) is 3.68. The summed E-state index contributed by atoms with van der Waals surface area (Å²) in [5.74, 6) is 0.386. The molecule has 3 heterocycles. The van der Waals surface area contributed by atoms with Gasteiger partial charge in [0.2, 0.25) is 5.91 Å². The lowest BCUT2D eigenvalue weighted by Gasteiger charge is -2.19. The molecule has 6 heteroatoms. The molecule has 5 nitrogen and oxygen atoms in total. The van der Waals surface area contributed by atoms with Crippen molar-refractivity contribution in [3.63, 3.8) is 0 Å². The summed E-state index contributed by atoms with van der Waals surface area (Å²) >= 11 is 1.43. The van der Waals surface area contributed by atoms with Crippen LogP contribution in [-0.4, -0.2) is 20.4 Å². The van der Waals surface area contributed by atoms with E-state index in [0.29, 0.717) is 11.0 Å². The standard InChI is InChI=1S/C18H20N4OS/c1-13(2)10-16(22-8-3-4-9-22)17(23)21-18-20-15(12-24-18)14-6-5-7-19-11-14/h3-9,11-13,16H,10H2,1-2H3,(H,20,21,23)/t16-/m0/s1. The second-order valence-corrected chi connectivity index (χ2v) is 6.90. The molecule has 1 atom stereocenters. The Morgan fingerprint density at radius 3 is 2.75 bits per heavy atom. The van der Waals surface area contributed by atoms with E-state index in [1.807, 2.05) is 46.6 Å². The number of rotatable bonds is 6. The number of pyridine rings is 1. The monoisotopic (exact) mass is 340 g/mol. The van der Waals surface area contributed by atoms with Crippen molar-refractivity contribution >= 4 is 22.4 Å². The van der Waals surface area contributed by atoms with Crippen molar-refractivity contribution in [3.8, 4) is 11.3 Å². The van der Waals surface area contributed by atoms with E-state index in [1.54, 1.807) is 12.4 Å². The van der Waals surface area contributed by atoms with Crippen molar-refractivity contribution in [2.24, 2.45) is 5.92 Å². The molecule has 0 spiro atoms. The zero-order valence-electron chi connectivity index (χ0n) is 13.7. The highest BCUT2D eigenvalue weighted by Gasteiger charge is 2.22. The fourth-order valence-electron chi connectivity index (χ4n) is 2.53. The predicted molar refractivity (Wildman–Crippen MR) is 96.9 cm³/mol. The van der Waals surface area contributed by atoms with E-state index in [2.05, 4.69) is 29.1 Å². The van der Waals surface area contributed by atoms with Gasteiger partial charge in [0.05, 0.1) is 5.69 Å². The van der Waals surface area contributed by atoms with Gasteiger partial charge in [-0.25, -0.2) is 4.98 Å². The maximum atomic E-state index is 12.7. The van der Waals surface area contributed by atoms with Crippen molar-refractivity contribution in [1.82, 2.24) is 14.5 Å². The minimum absolute atomic E-state index is 0.0352. The number of amides is 1. The Bertz CT molecular complexity index is 780. The molecular formula is C18H20N4OS. The SMILES string of the molecule is CC(C)C[C@@H](C(=O)Nc1nc(-c2cccnc2)cs1)n1cccc1. The van der Waals surface area contributed by atoms with Crippen LogP contribution in [0.25, 0.3) is 11.3 Å². The van der Waals surface area contributed by atoms with Gasteiger partial charge in [-0.05, 0) is 36.6 Å². The summed E-state index contributed by atoms with van der Waals surface area (Å²) in [5, 5.41) is 5.49. The number of hydrogen-bond donors (Lipinski definition) is 1. The second kappa shape index (κ2) is 7.40. The lowest BCUT2D eigenvalue weighted by Crippen LogP contribution is -2.26. The van der Waals surface area contributed by atoms with Crippen LogP contribution < -0.4 is 5.32 Å². The third kappa shape index (κ3) is 3.89. The molecule has 0 aromatic carbocycles. The lowest BCUT2D eigenvalue weighted by molar-refractivity contribution is -0.119. The number of hydrogen-bond acceptors (Lipinski definition) is 4. The number of thiazole rings is 1. The number of aromatic nitrogens is 3. The Balaban J connectivity index is 1.74. The van der Waals surface area contributed by atoms with E-state index in [9.17, 15) is 4.79 Å². The first-order valence-corrected chi connectivity index (χ1v) is 8.80. The molecule has 0 radical (unpaired) electrons. The van der Waals surface area contributed by atoms with Crippen molar-refractivity contribution in [2.45, 2.75) is 26.3 Å². The highest BCUT2D eigenvalue weighted by molar-refractivity contribution is 7.14. The molecule has 1 N–H and O–H groups in total. The highest BCUT2D eigenvalue weighted by Crippen LogP contribution is 2.26. The van der Waals surface area contributed by atoms with Gasteiger partial charge in [0.1, 0.15) is 6.04 Å². The second-order valence-electron chi connectivity index (χ2n) is 6.04. The summed E-state index contributed by atoms with van der Waals surface area (Å²) in [6.45, 7) is 4.24. The average Bonchev–Trinajstić information content (AvgIpc) is 3.25. The van der Waals surface area contributed by atoms with E-state index in [-0.39, 0.29) is 11.9 Å². The number of nitrogens with one attached hydrogen (secondary N) is 1. The first kappa shape index (κ1) is 16.4. The first-order valence-electron chi connectivity index (χ1n) is 7.92. The molecule has 124 valence electrons. The lowest BCUT2D eigenvalue weighted by atomic mass is 10.0. The molecule has 0 fully saturated rings. The normalized spacial score (nSPS) is 12.3. The molecule has 0 bridgehead atoms. The van der Waals surface area contributed by atoms with Gasteiger partial charge in [-0.3, -0.25) is 9.78 Å². The van der Waals surface area contributed by atoms with Gasteiger partial charge in [0, 0.05) is 35.7 Å². The van der Waals surface area contributed by atoms with E-state index in [0.717, 1.165) is 17.7 Å². The number of carbonyl (C=O) groups is 1.